The number of nitrogens with one attached hydrogen (secondary N) is 3. The second kappa shape index (κ2) is 10.1. The zero-order valence-corrected chi connectivity index (χ0v) is 16.8. The summed E-state index contributed by atoms with van der Waals surface area (Å²) in [6, 6.07) is 10.3. The number of guanidine groups is 1. The Hall–Kier alpha value is -2.41. The summed E-state index contributed by atoms with van der Waals surface area (Å²) in [5, 5.41) is 11.3. The Balaban J connectivity index is 1.70. The summed E-state index contributed by atoms with van der Waals surface area (Å²) >= 11 is 1.43. The fourth-order valence-electron chi connectivity index (χ4n) is 2.53. The summed E-state index contributed by atoms with van der Waals surface area (Å²) in [7, 11) is 1.71. The number of carbonyl (C=O) groups is 1. The standard InChI is InChI=1S/C20H27FN4OS/c1-20(2,15-7-4-8-16(21)13-15)14-25-19(22-3)24-11-6-10-23-18(26)17-9-5-12-27-17/h4-5,7-9,12-13H,6,10-11,14H2,1-3H3,(H,23,26)(H2,22,24,25). The Labute approximate surface area is 164 Å². The van der Waals surface area contributed by atoms with Crippen molar-refractivity contribution in [3.8, 4) is 0 Å². The topological polar surface area (TPSA) is 65.5 Å². The maximum absolute atomic E-state index is 13.5. The molecule has 0 aliphatic heterocycles. The first-order chi connectivity index (χ1) is 12.9. The van der Waals surface area contributed by atoms with Gasteiger partial charge in [0.2, 0.25) is 0 Å². The van der Waals surface area contributed by atoms with Crippen molar-refractivity contribution in [1.82, 2.24) is 16.0 Å². The molecule has 0 fully saturated rings. The third-order valence-corrected chi connectivity index (χ3v) is 5.07. The Morgan fingerprint density at radius 1 is 1.15 bits per heavy atom. The maximum atomic E-state index is 13.5. The lowest BCUT2D eigenvalue weighted by Crippen LogP contribution is -2.44. The molecule has 0 atom stereocenters. The molecule has 146 valence electrons. The van der Waals surface area contributed by atoms with E-state index in [0.29, 0.717) is 25.6 Å². The van der Waals surface area contributed by atoms with Gasteiger partial charge in [-0.25, -0.2) is 4.39 Å². The number of rotatable bonds is 8. The molecule has 1 amide bonds. The molecule has 2 aromatic rings. The fourth-order valence-corrected chi connectivity index (χ4v) is 3.17. The lowest BCUT2D eigenvalue weighted by atomic mass is 9.84. The lowest BCUT2D eigenvalue weighted by Gasteiger charge is -2.27. The number of halogens is 1. The van der Waals surface area contributed by atoms with E-state index < -0.39 is 0 Å². The van der Waals surface area contributed by atoms with Crippen LogP contribution in [0.4, 0.5) is 4.39 Å². The predicted octanol–water partition coefficient (Wildman–Crippen LogP) is 3.15. The van der Waals surface area contributed by atoms with Gasteiger partial charge in [0.05, 0.1) is 4.88 Å². The molecule has 0 aliphatic rings. The van der Waals surface area contributed by atoms with Gasteiger partial charge in [0.25, 0.3) is 5.91 Å². The average Bonchev–Trinajstić information content (AvgIpc) is 3.18. The zero-order valence-electron chi connectivity index (χ0n) is 16.0. The molecular weight excluding hydrogens is 363 g/mol. The molecule has 0 unspecified atom stereocenters. The number of benzene rings is 1. The molecule has 7 heteroatoms. The molecule has 5 nitrogen and oxygen atoms in total. The number of aliphatic imine (C=N–C) groups is 1. The molecule has 3 N–H and O–H groups in total. The first-order valence-corrected chi connectivity index (χ1v) is 9.82. The summed E-state index contributed by atoms with van der Waals surface area (Å²) in [5.41, 5.74) is 0.691. The quantitative estimate of drug-likeness (QED) is 0.369. The molecule has 27 heavy (non-hydrogen) atoms. The van der Waals surface area contributed by atoms with Gasteiger partial charge in [-0.05, 0) is 35.6 Å². The van der Waals surface area contributed by atoms with Crippen molar-refractivity contribution in [3.05, 3.63) is 58.0 Å². The van der Waals surface area contributed by atoms with E-state index in [0.717, 1.165) is 16.9 Å². The molecular formula is C20H27FN4OS. The van der Waals surface area contributed by atoms with Gasteiger partial charge in [-0.1, -0.05) is 32.0 Å². The number of hydrogen-bond donors (Lipinski definition) is 3. The Kier molecular flexibility index (Phi) is 7.79. The Morgan fingerprint density at radius 2 is 1.93 bits per heavy atom. The van der Waals surface area contributed by atoms with Crippen molar-refractivity contribution in [2.75, 3.05) is 26.7 Å². The van der Waals surface area contributed by atoms with Crippen molar-refractivity contribution < 1.29 is 9.18 Å². The molecule has 0 spiro atoms. The van der Waals surface area contributed by atoms with E-state index in [1.807, 2.05) is 23.6 Å². The van der Waals surface area contributed by atoms with Gasteiger partial charge >= 0.3 is 0 Å². The first-order valence-electron chi connectivity index (χ1n) is 8.94. The highest BCUT2D eigenvalue weighted by molar-refractivity contribution is 7.12. The number of thiophene rings is 1. The van der Waals surface area contributed by atoms with Gasteiger partial charge in [0, 0.05) is 32.1 Å². The molecule has 1 heterocycles. The summed E-state index contributed by atoms with van der Waals surface area (Å²) in [6.07, 6.45) is 0.783. The van der Waals surface area contributed by atoms with Gasteiger partial charge in [-0.3, -0.25) is 9.79 Å². The van der Waals surface area contributed by atoms with Gasteiger partial charge in [-0.2, -0.15) is 0 Å². The van der Waals surface area contributed by atoms with Crippen molar-refractivity contribution in [2.24, 2.45) is 4.99 Å². The molecule has 0 saturated carbocycles. The van der Waals surface area contributed by atoms with Crippen LogP contribution in [0.3, 0.4) is 0 Å². The summed E-state index contributed by atoms with van der Waals surface area (Å²) in [4.78, 5) is 16.8. The van der Waals surface area contributed by atoms with Gasteiger partial charge in [0.1, 0.15) is 5.82 Å². The van der Waals surface area contributed by atoms with Crippen LogP contribution in [0.25, 0.3) is 0 Å². The minimum atomic E-state index is -0.242. The molecule has 1 aromatic heterocycles. The van der Waals surface area contributed by atoms with E-state index in [9.17, 15) is 9.18 Å². The highest BCUT2D eigenvalue weighted by Crippen LogP contribution is 2.22. The predicted molar refractivity (Wildman–Crippen MR) is 110 cm³/mol. The Morgan fingerprint density at radius 3 is 2.59 bits per heavy atom. The monoisotopic (exact) mass is 390 g/mol. The van der Waals surface area contributed by atoms with Crippen LogP contribution in [0.1, 0.15) is 35.5 Å². The Bertz CT molecular complexity index is 759. The SMILES string of the molecule is CN=C(NCCCNC(=O)c1cccs1)NCC(C)(C)c1cccc(F)c1. The highest BCUT2D eigenvalue weighted by Gasteiger charge is 2.21. The van der Waals surface area contributed by atoms with Crippen molar-refractivity contribution in [2.45, 2.75) is 25.7 Å². The summed E-state index contributed by atoms with van der Waals surface area (Å²) in [5.74, 6) is 0.418. The third kappa shape index (κ3) is 6.67. The van der Waals surface area contributed by atoms with Gasteiger partial charge < -0.3 is 16.0 Å². The van der Waals surface area contributed by atoms with Crippen LogP contribution < -0.4 is 16.0 Å². The second-order valence-electron chi connectivity index (χ2n) is 6.83. The van der Waals surface area contributed by atoms with Crippen LogP contribution >= 0.6 is 11.3 Å². The second-order valence-corrected chi connectivity index (χ2v) is 7.78. The number of nitrogens with zero attached hydrogens (tertiary/aromatic N) is 1. The van der Waals surface area contributed by atoms with E-state index in [1.165, 1.54) is 17.4 Å². The average molecular weight is 391 g/mol. The first kappa shape index (κ1) is 20.9. The third-order valence-electron chi connectivity index (χ3n) is 4.20. The lowest BCUT2D eigenvalue weighted by molar-refractivity contribution is 0.0957. The van der Waals surface area contributed by atoms with Crippen LogP contribution in [-0.2, 0) is 5.41 Å². The van der Waals surface area contributed by atoms with E-state index in [-0.39, 0.29) is 17.1 Å². The molecule has 0 radical (unpaired) electrons. The minimum absolute atomic E-state index is 0.0376. The van der Waals surface area contributed by atoms with Crippen molar-refractivity contribution in [1.29, 1.82) is 0 Å². The number of hydrogen-bond acceptors (Lipinski definition) is 3. The largest absolute Gasteiger partial charge is 0.356 e. The van der Waals surface area contributed by atoms with E-state index >= 15 is 0 Å². The smallest absolute Gasteiger partial charge is 0.261 e. The normalized spacial score (nSPS) is 11.9. The molecule has 0 bridgehead atoms. The van der Waals surface area contributed by atoms with Gasteiger partial charge in [0.15, 0.2) is 5.96 Å². The van der Waals surface area contributed by atoms with Crippen LogP contribution in [0.5, 0.6) is 0 Å². The fraction of sp³-hybridized carbons (Fsp3) is 0.400. The van der Waals surface area contributed by atoms with Crippen LogP contribution in [0.15, 0.2) is 46.8 Å². The zero-order chi connectivity index (χ0) is 19.7. The summed E-state index contributed by atoms with van der Waals surface area (Å²) in [6.45, 7) is 6.01. The van der Waals surface area contributed by atoms with Crippen LogP contribution in [0, 0.1) is 5.82 Å². The minimum Gasteiger partial charge on any atom is -0.356 e. The molecule has 0 saturated heterocycles. The molecule has 2 rings (SSSR count). The van der Waals surface area contributed by atoms with Crippen molar-refractivity contribution >= 4 is 23.2 Å². The highest BCUT2D eigenvalue weighted by atomic mass is 32.1. The van der Waals surface area contributed by atoms with E-state index in [4.69, 9.17) is 0 Å². The van der Waals surface area contributed by atoms with Crippen molar-refractivity contribution in [3.63, 3.8) is 0 Å². The molecule has 0 aliphatic carbocycles. The van der Waals surface area contributed by atoms with Crippen LogP contribution in [0.2, 0.25) is 0 Å². The van der Waals surface area contributed by atoms with Crippen LogP contribution in [-0.4, -0.2) is 38.5 Å². The molecule has 1 aromatic carbocycles. The van der Waals surface area contributed by atoms with E-state index in [2.05, 4.69) is 34.8 Å². The summed E-state index contributed by atoms with van der Waals surface area (Å²) < 4.78 is 13.5. The van der Waals surface area contributed by atoms with Gasteiger partial charge in [-0.15, -0.1) is 11.3 Å². The maximum Gasteiger partial charge on any atom is 0.261 e. The van der Waals surface area contributed by atoms with E-state index in [1.54, 1.807) is 19.2 Å². The number of amides is 1. The number of carbonyl (C=O) groups excluding carboxylic acids is 1.